The van der Waals surface area contributed by atoms with Crippen molar-refractivity contribution in [1.82, 2.24) is 19.4 Å². The Hall–Kier alpha value is -3.19. The summed E-state index contributed by atoms with van der Waals surface area (Å²) in [6.07, 6.45) is 1.65. The molecular weight excluding hydrogens is 650 g/mol. The molecule has 1 atom stereocenters. The van der Waals surface area contributed by atoms with Crippen LogP contribution in [-0.2, 0) is 4.79 Å². The number of benzene rings is 1. The van der Waals surface area contributed by atoms with Crippen LogP contribution in [0.3, 0.4) is 0 Å². The number of aromatic nitrogens is 3. The lowest BCUT2D eigenvalue weighted by Gasteiger charge is -2.29. The second kappa shape index (κ2) is 12.0. The van der Waals surface area contributed by atoms with E-state index in [4.69, 9.17) is 21.0 Å². The number of carbonyl (C=O) groups is 1. The summed E-state index contributed by atoms with van der Waals surface area (Å²) < 4.78 is 8.60. The maximum Gasteiger partial charge on any atom is 0.271 e. The van der Waals surface area contributed by atoms with Crippen LogP contribution in [0.1, 0.15) is 43.8 Å². The molecule has 4 heterocycles. The monoisotopic (exact) mass is 673 g/mol. The summed E-state index contributed by atoms with van der Waals surface area (Å²) in [5.74, 6) is 0.266. The molecule has 0 spiro atoms. The van der Waals surface area contributed by atoms with Crippen molar-refractivity contribution in [3.8, 4) is 0 Å². The van der Waals surface area contributed by atoms with E-state index in [9.17, 15) is 14.4 Å². The third-order valence-corrected chi connectivity index (χ3v) is 9.44. The van der Waals surface area contributed by atoms with Gasteiger partial charge < -0.3 is 14.3 Å². The molecule has 212 valence electrons. The van der Waals surface area contributed by atoms with E-state index in [0.717, 1.165) is 17.3 Å². The van der Waals surface area contributed by atoms with Crippen molar-refractivity contribution in [3.63, 3.8) is 0 Å². The van der Waals surface area contributed by atoms with Gasteiger partial charge in [-0.1, -0.05) is 35.1 Å². The highest BCUT2D eigenvalue weighted by Gasteiger charge is 2.34. The number of aryl methyl sites for hydroxylation is 1. The number of furan rings is 1. The van der Waals surface area contributed by atoms with Gasteiger partial charge in [0.2, 0.25) is 0 Å². The predicted molar refractivity (Wildman–Crippen MR) is 163 cm³/mol. The fourth-order valence-corrected chi connectivity index (χ4v) is 7.08. The number of fused-ring (bicyclic) bond motifs is 1. The second-order valence-corrected chi connectivity index (χ2v) is 12.5. The van der Waals surface area contributed by atoms with Crippen molar-refractivity contribution < 1.29 is 9.21 Å². The standard InChI is InChI=1S/C28H25BrClN5O4S2/c1-5-34(6-2)25(38)22-15(4)32-28-35(23(22)16-7-9-17(30)10-8-16)24(37)20(40-28)13-18-12-19(29)26(39-18)41-27-31-14(3)11-21(36)33-27/h7-13,23H,5-6H2,1-4H3,(H,31,33,36)/b20-13-/t23-/m1/s1. The first-order valence-corrected chi connectivity index (χ1v) is 15.5. The average molecular weight is 675 g/mol. The summed E-state index contributed by atoms with van der Waals surface area (Å²) in [5.41, 5.74) is 1.81. The van der Waals surface area contributed by atoms with Gasteiger partial charge in [-0.15, -0.1) is 0 Å². The van der Waals surface area contributed by atoms with Gasteiger partial charge in [-0.2, -0.15) is 0 Å². The van der Waals surface area contributed by atoms with E-state index in [0.29, 0.717) is 64.9 Å². The Morgan fingerprint density at radius 2 is 1.93 bits per heavy atom. The van der Waals surface area contributed by atoms with Crippen molar-refractivity contribution in [2.24, 2.45) is 4.99 Å². The lowest BCUT2D eigenvalue weighted by atomic mass is 9.94. The predicted octanol–water partition coefficient (Wildman–Crippen LogP) is 4.66. The third kappa shape index (κ3) is 5.92. The van der Waals surface area contributed by atoms with Crippen LogP contribution in [0.4, 0.5) is 0 Å². The number of nitrogens with one attached hydrogen (secondary N) is 1. The normalized spacial score (nSPS) is 15.2. The minimum absolute atomic E-state index is 0.162. The van der Waals surface area contributed by atoms with Gasteiger partial charge in [-0.05, 0) is 79.1 Å². The summed E-state index contributed by atoms with van der Waals surface area (Å²) in [4.78, 5) is 53.3. The smallest absolute Gasteiger partial charge is 0.271 e. The Morgan fingerprint density at radius 1 is 1.22 bits per heavy atom. The Kier molecular flexibility index (Phi) is 8.55. The molecule has 41 heavy (non-hydrogen) atoms. The molecule has 13 heteroatoms. The number of nitrogens with zero attached hydrogens (tertiary/aromatic N) is 4. The molecule has 3 aromatic heterocycles. The third-order valence-electron chi connectivity index (χ3n) is 6.47. The zero-order chi connectivity index (χ0) is 29.4. The molecule has 5 rings (SSSR count). The summed E-state index contributed by atoms with van der Waals surface area (Å²) in [7, 11) is 0. The Morgan fingerprint density at radius 3 is 2.59 bits per heavy atom. The summed E-state index contributed by atoms with van der Waals surface area (Å²) in [6, 6.07) is 9.63. The van der Waals surface area contributed by atoms with Crippen molar-refractivity contribution in [2.45, 2.75) is 44.0 Å². The van der Waals surface area contributed by atoms with Gasteiger partial charge in [0.15, 0.2) is 15.1 Å². The van der Waals surface area contributed by atoms with Gasteiger partial charge in [-0.25, -0.2) is 9.98 Å². The number of allylic oxidation sites excluding steroid dienone is 1. The summed E-state index contributed by atoms with van der Waals surface area (Å²) >= 11 is 12.0. The Bertz CT molecular complexity index is 1920. The Labute approximate surface area is 256 Å². The molecule has 0 fully saturated rings. The zero-order valence-corrected chi connectivity index (χ0v) is 26.5. The van der Waals surface area contributed by atoms with E-state index in [1.165, 1.54) is 17.4 Å². The molecule has 0 saturated heterocycles. The highest BCUT2D eigenvalue weighted by Crippen LogP contribution is 2.35. The van der Waals surface area contributed by atoms with E-state index >= 15 is 0 Å². The van der Waals surface area contributed by atoms with Crippen LogP contribution in [0.25, 0.3) is 6.08 Å². The van der Waals surface area contributed by atoms with Crippen molar-refractivity contribution in [2.75, 3.05) is 13.1 Å². The van der Waals surface area contributed by atoms with E-state index in [1.807, 2.05) is 26.0 Å². The minimum Gasteiger partial charge on any atom is -0.449 e. The van der Waals surface area contributed by atoms with Gasteiger partial charge >= 0.3 is 0 Å². The van der Waals surface area contributed by atoms with Crippen LogP contribution in [-0.4, -0.2) is 38.4 Å². The molecule has 0 radical (unpaired) electrons. The van der Waals surface area contributed by atoms with E-state index in [-0.39, 0.29) is 17.0 Å². The largest absolute Gasteiger partial charge is 0.449 e. The number of hydrogen-bond acceptors (Lipinski definition) is 8. The molecule has 4 aromatic rings. The number of thiazole rings is 1. The number of aromatic amines is 1. The molecule has 1 N–H and O–H groups in total. The van der Waals surface area contributed by atoms with Crippen LogP contribution >= 0.6 is 50.6 Å². The van der Waals surface area contributed by atoms with Crippen molar-refractivity contribution >= 4 is 62.6 Å². The SMILES string of the molecule is CCN(CC)C(=O)C1=C(C)N=c2s/c(=C\c3cc(Br)c(Sc4nc(C)cc(=O)[nH]4)o3)c(=O)n2[C@@H]1c1ccc(Cl)cc1. The minimum atomic E-state index is -0.669. The Balaban J connectivity index is 1.61. The first-order chi connectivity index (χ1) is 19.6. The maximum absolute atomic E-state index is 13.9. The molecule has 0 aliphatic carbocycles. The number of hydrogen-bond donors (Lipinski definition) is 1. The summed E-state index contributed by atoms with van der Waals surface area (Å²) in [5, 5.41) is 1.42. The fourth-order valence-electron chi connectivity index (χ4n) is 4.56. The highest BCUT2D eigenvalue weighted by molar-refractivity contribution is 9.10. The number of carbonyl (C=O) groups excluding carboxylic acids is 1. The first-order valence-electron chi connectivity index (χ1n) is 12.7. The van der Waals surface area contributed by atoms with Gasteiger partial charge in [0.25, 0.3) is 17.0 Å². The quantitative estimate of drug-likeness (QED) is 0.286. The van der Waals surface area contributed by atoms with E-state index in [1.54, 1.807) is 47.6 Å². The molecule has 1 amide bonds. The summed E-state index contributed by atoms with van der Waals surface area (Å²) in [6.45, 7) is 8.44. The van der Waals surface area contributed by atoms with Crippen LogP contribution in [0.5, 0.6) is 0 Å². The number of H-pyrrole nitrogens is 1. The molecule has 1 aliphatic rings. The van der Waals surface area contributed by atoms with Crippen LogP contribution in [0, 0.1) is 6.92 Å². The molecular formula is C28H25BrClN5O4S2. The lowest BCUT2D eigenvalue weighted by Crippen LogP contribution is -2.43. The highest BCUT2D eigenvalue weighted by atomic mass is 79.9. The molecule has 0 bridgehead atoms. The fraction of sp³-hybridized carbons (Fsp3) is 0.250. The van der Waals surface area contributed by atoms with Gasteiger partial charge in [0, 0.05) is 35.9 Å². The van der Waals surface area contributed by atoms with Crippen LogP contribution < -0.4 is 20.5 Å². The molecule has 0 saturated carbocycles. The molecule has 9 nitrogen and oxygen atoms in total. The first kappa shape index (κ1) is 29.3. The van der Waals surface area contributed by atoms with E-state index < -0.39 is 6.04 Å². The van der Waals surface area contributed by atoms with Crippen LogP contribution in [0.2, 0.25) is 5.02 Å². The average Bonchev–Trinajstić information content (AvgIpc) is 3.41. The van der Waals surface area contributed by atoms with Crippen LogP contribution in [0.15, 0.2) is 81.4 Å². The van der Waals surface area contributed by atoms with Crippen molar-refractivity contribution in [3.05, 3.63) is 104 Å². The second-order valence-electron chi connectivity index (χ2n) is 9.19. The zero-order valence-electron chi connectivity index (χ0n) is 22.5. The maximum atomic E-state index is 13.9. The lowest BCUT2D eigenvalue weighted by molar-refractivity contribution is -0.127. The van der Waals surface area contributed by atoms with Gasteiger partial charge in [-0.3, -0.25) is 19.0 Å². The topological polar surface area (TPSA) is 114 Å². The number of likely N-dealkylation sites (N-methyl/N-ethyl adjacent to an activating group) is 1. The van der Waals surface area contributed by atoms with Gasteiger partial charge in [0.05, 0.1) is 26.3 Å². The van der Waals surface area contributed by atoms with Crippen molar-refractivity contribution in [1.29, 1.82) is 0 Å². The van der Waals surface area contributed by atoms with Gasteiger partial charge in [0.1, 0.15) is 5.76 Å². The molecule has 1 aromatic carbocycles. The molecule has 0 unspecified atom stereocenters. The molecule has 1 aliphatic heterocycles. The number of amides is 1. The number of rotatable bonds is 7. The van der Waals surface area contributed by atoms with E-state index in [2.05, 4.69) is 25.9 Å². The number of halogens is 2.